The summed E-state index contributed by atoms with van der Waals surface area (Å²) in [6.45, 7) is 5.79. The van der Waals surface area contributed by atoms with Crippen LogP contribution in [0.4, 0.5) is 11.4 Å². The molecule has 0 unspecified atom stereocenters. The second-order valence-corrected chi connectivity index (χ2v) is 8.24. The van der Waals surface area contributed by atoms with Crippen molar-refractivity contribution in [2.24, 2.45) is 0 Å². The number of methoxy groups -OCH3 is 1. The summed E-state index contributed by atoms with van der Waals surface area (Å²) in [4.78, 5) is 24.6. The minimum Gasteiger partial charge on any atom is -0.497 e. The zero-order chi connectivity index (χ0) is 24.0. The van der Waals surface area contributed by atoms with Crippen LogP contribution in [0.3, 0.4) is 0 Å². The molecule has 33 heavy (non-hydrogen) atoms. The van der Waals surface area contributed by atoms with E-state index >= 15 is 0 Å². The number of anilines is 2. The molecule has 0 saturated carbocycles. The molecule has 2 aromatic carbocycles. The highest BCUT2D eigenvalue weighted by atomic mass is 35.5. The van der Waals surface area contributed by atoms with Crippen molar-refractivity contribution in [3.63, 3.8) is 0 Å². The molecule has 0 bridgehead atoms. The summed E-state index contributed by atoms with van der Waals surface area (Å²) >= 11 is 6.22. The van der Waals surface area contributed by atoms with Gasteiger partial charge in [0, 0.05) is 16.9 Å². The number of benzene rings is 2. The summed E-state index contributed by atoms with van der Waals surface area (Å²) in [6.07, 6.45) is 3.06. The third-order valence-corrected chi connectivity index (χ3v) is 5.28. The Bertz CT molecular complexity index is 1130. The van der Waals surface area contributed by atoms with Gasteiger partial charge in [-0.15, -0.1) is 0 Å². The number of ether oxygens (including phenoxy) is 2. The maximum absolute atomic E-state index is 12.4. The summed E-state index contributed by atoms with van der Waals surface area (Å²) in [5.74, 6) is 0.954. The molecule has 9 heteroatoms. The Morgan fingerprint density at radius 3 is 2.45 bits per heavy atom. The van der Waals surface area contributed by atoms with Crippen LogP contribution in [0.15, 0.2) is 48.8 Å². The molecule has 0 spiro atoms. The Hall–Kier alpha value is -3.52. The molecule has 0 fully saturated rings. The molecule has 1 aromatic heterocycles. The van der Waals surface area contributed by atoms with E-state index in [9.17, 15) is 9.59 Å². The first kappa shape index (κ1) is 24.1. The van der Waals surface area contributed by atoms with Gasteiger partial charge < -0.3 is 20.1 Å². The maximum atomic E-state index is 12.4. The Morgan fingerprint density at radius 1 is 1.09 bits per heavy atom. The van der Waals surface area contributed by atoms with Crippen LogP contribution in [0.5, 0.6) is 11.5 Å². The lowest BCUT2D eigenvalue weighted by Gasteiger charge is -2.15. The van der Waals surface area contributed by atoms with E-state index in [2.05, 4.69) is 15.7 Å². The van der Waals surface area contributed by atoms with Crippen LogP contribution in [0.25, 0.3) is 0 Å². The SMILES string of the molecule is COc1ccc(NC(=O)Cn2cc(NC(=O)COc3cc(C)c(Cl)cc3C(C)C)cn2)cc1. The van der Waals surface area contributed by atoms with E-state index in [-0.39, 0.29) is 30.9 Å². The van der Waals surface area contributed by atoms with Crippen molar-refractivity contribution in [1.82, 2.24) is 9.78 Å². The molecule has 0 aliphatic rings. The van der Waals surface area contributed by atoms with Crippen LogP contribution in [0.2, 0.25) is 5.02 Å². The van der Waals surface area contributed by atoms with E-state index in [1.54, 1.807) is 37.6 Å². The minimum absolute atomic E-state index is 0.000198. The highest BCUT2D eigenvalue weighted by Gasteiger charge is 2.13. The minimum atomic E-state index is -0.334. The van der Waals surface area contributed by atoms with E-state index in [1.807, 2.05) is 32.9 Å². The number of nitrogens with zero attached hydrogens (tertiary/aromatic N) is 2. The van der Waals surface area contributed by atoms with Gasteiger partial charge in [0.15, 0.2) is 6.61 Å². The van der Waals surface area contributed by atoms with Gasteiger partial charge in [0.1, 0.15) is 18.0 Å². The monoisotopic (exact) mass is 470 g/mol. The van der Waals surface area contributed by atoms with Gasteiger partial charge in [-0.25, -0.2) is 0 Å². The fourth-order valence-electron chi connectivity index (χ4n) is 3.12. The van der Waals surface area contributed by atoms with Crippen molar-refractivity contribution in [2.75, 3.05) is 24.4 Å². The predicted octanol–water partition coefficient (Wildman–Crippen LogP) is 4.63. The quantitative estimate of drug-likeness (QED) is 0.475. The molecule has 0 aliphatic heterocycles. The smallest absolute Gasteiger partial charge is 0.262 e. The Labute approximate surface area is 197 Å². The average Bonchev–Trinajstić information content (AvgIpc) is 3.20. The second-order valence-electron chi connectivity index (χ2n) is 7.83. The lowest BCUT2D eigenvalue weighted by molar-refractivity contribution is -0.118. The number of hydrogen-bond acceptors (Lipinski definition) is 5. The van der Waals surface area contributed by atoms with E-state index in [4.69, 9.17) is 21.1 Å². The van der Waals surface area contributed by atoms with Crippen molar-refractivity contribution >= 4 is 34.8 Å². The van der Waals surface area contributed by atoms with E-state index in [0.717, 1.165) is 11.1 Å². The van der Waals surface area contributed by atoms with Crippen LogP contribution in [-0.2, 0) is 16.1 Å². The van der Waals surface area contributed by atoms with Gasteiger partial charge in [0.25, 0.3) is 5.91 Å². The number of nitrogens with one attached hydrogen (secondary N) is 2. The largest absolute Gasteiger partial charge is 0.497 e. The molecule has 3 aromatic rings. The van der Waals surface area contributed by atoms with Crippen LogP contribution >= 0.6 is 11.6 Å². The number of rotatable bonds is 9. The standard InChI is InChI=1S/C24H27ClN4O4/c1-15(2)20-10-21(25)16(3)9-22(20)33-14-24(31)28-18-11-26-29(12-18)13-23(30)27-17-5-7-19(32-4)8-6-17/h5-12,15H,13-14H2,1-4H3,(H,27,30)(H,28,31). The first-order valence-electron chi connectivity index (χ1n) is 10.4. The fraction of sp³-hybridized carbons (Fsp3) is 0.292. The van der Waals surface area contributed by atoms with Crippen molar-refractivity contribution in [2.45, 2.75) is 33.2 Å². The zero-order valence-corrected chi connectivity index (χ0v) is 19.8. The first-order chi connectivity index (χ1) is 15.7. The third kappa shape index (κ3) is 6.73. The molecule has 3 rings (SSSR count). The molecule has 2 amide bonds. The maximum Gasteiger partial charge on any atom is 0.262 e. The van der Waals surface area contributed by atoms with Gasteiger partial charge in [-0.1, -0.05) is 25.4 Å². The molecule has 0 atom stereocenters. The Morgan fingerprint density at radius 2 is 1.79 bits per heavy atom. The number of carbonyl (C=O) groups is 2. The Balaban J connectivity index is 1.52. The molecule has 174 valence electrons. The summed E-state index contributed by atoms with van der Waals surface area (Å²) in [6, 6.07) is 10.7. The van der Waals surface area contributed by atoms with Crippen molar-refractivity contribution in [3.8, 4) is 11.5 Å². The molecule has 0 radical (unpaired) electrons. The average molecular weight is 471 g/mol. The van der Waals surface area contributed by atoms with Crippen LogP contribution in [0.1, 0.15) is 30.9 Å². The van der Waals surface area contributed by atoms with Gasteiger partial charge in [0.2, 0.25) is 5.91 Å². The van der Waals surface area contributed by atoms with Gasteiger partial charge in [-0.3, -0.25) is 14.3 Å². The van der Waals surface area contributed by atoms with Gasteiger partial charge in [-0.2, -0.15) is 5.10 Å². The number of aromatic nitrogens is 2. The van der Waals surface area contributed by atoms with Crippen molar-refractivity contribution in [1.29, 1.82) is 0 Å². The normalized spacial score (nSPS) is 10.7. The third-order valence-electron chi connectivity index (χ3n) is 4.87. The first-order valence-corrected chi connectivity index (χ1v) is 10.8. The molecule has 1 heterocycles. The molecule has 8 nitrogen and oxygen atoms in total. The summed E-state index contributed by atoms with van der Waals surface area (Å²) in [5, 5.41) is 10.3. The van der Waals surface area contributed by atoms with Crippen LogP contribution in [0, 0.1) is 6.92 Å². The van der Waals surface area contributed by atoms with Gasteiger partial charge in [-0.05, 0) is 60.4 Å². The zero-order valence-electron chi connectivity index (χ0n) is 19.0. The molecule has 0 saturated heterocycles. The number of hydrogen-bond donors (Lipinski definition) is 2. The van der Waals surface area contributed by atoms with Gasteiger partial charge >= 0.3 is 0 Å². The lowest BCUT2D eigenvalue weighted by atomic mass is 10.0. The van der Waals surface area contributed by atoms with Gasteiger partial charge in [0.05, 0.1) is 19.0 Å². The van der Waals surface area contributed by atoms with E-state index in [1.165, 1.54) is 10.9 Å². The molecule has 0 aliphatic carbocycles. The lowest BCUT2D eigenvalue weighted by Crippen LogP contribution is -2.21. The van der Waals surface area contributed by atoms with Crippen molar-refractivity contribution < 1.29 is 19.1 Å². The number of carbonyl (C=O) groups excluding carboxylic acids is 2. The van der Waals surface area contributed by atoms with Crippen molar-refractivity contribution in [3.05, 3.63) is 64.9 Å². The molecular formula is C24H27ClN4O4. The number of amides is 2. The second kappa shape index (κ2) is 10.9. The van der Waals surface area contributed by atoms with Crippen LogP contribution < -0.4 is 20.1 Å². The molecule has 2 N–H and O–H groups in total. The fourth-order valence-corrected chi connectivity index (χ4v) is 3.30. The van der Waals surface area contributed by atoms with Crippen LogP contribution in [-0.4, -0.2) is 35.3 Å². The highest BCUT2D eigenvalue weighted by Crippen LogP contribution is 2.32. The van der Waals surface area contributed by atoms with E-state index in [0.29, 0.717) is 27.9 Å². The van der Waals surface area contributed by atoms with E-state index < -0.39 is 0 Å². The summed E-state index contributed by atoms with van der Waals surface area (Å²) in [7, 11) is 1.58. The highest BCUT2D eigenvalue weighted by molar-refractivity contribution is 6.31. The summed E-state index contributed by atoms with van der Waals surface area (Å²) < 4.78 is 12.3. The predicted molar refractivity (Wildman–Crippen MR) is 128 cm³/mol. The Kier molecular flexibility index (Phi) is 7.95. The topological polar surface area (TPSA) is 94.5 Å². The number of halogens is 1. The summed E-state index contributed by atoms with van der Waals surface area (Å²) in [5.41, 5.74) is 2.94. The number of aryl methyl sites for hydroxylation is 1. The molecular weight excluding hydrogens is 444 g/mol.